The van der Waals surface area contributed by atoms with Gasteiger partial charge >= 0.3 is 0 Å². The first-order valence-corrected chi connectivity index (χ1v) is 7.38. The van der Waals surface area contributed by atoms with E-state index >= 15 is 0 Å². The highest BCUT2D eigenvalue weighted by Gasteiger charge is 2.12. The monoisotopic (exact) mass is 284 g/mol. The number of hydrogen-bond donors (Lipinski definition) is 1. The molecule has 0 saturated heterocycles. The molecule has 0 aliphatic carbocycles. The molecule has 3 nitrogen and oxygen atoms in total. The lowest BCUT2D eigenvalue weighted by Gasteiger charge is -2.26. The van der Waals surface area contributed by atoms with E-state index in [0.717, 1.165) is 36.6 Å². The van der Waals surface area contributed by atoms with E-state index in [9.17, 15) is 0 Å². The molecule has 2 aromatic rings. The first-order chi connectivity index (χ1) is 10.2. The van der Waals surface area contributed by atoms with Gasteiger partial charge in [-0.05, 0) is 31.5 Å². The standard InChI is InChI=1S/C18H24N2O/c1-4-11-20(17-8-6-5-7-16(17)19)13-15-12-14(2)9-10-18(15)21-3/h5-10,12H,4,11,13,19H2,1-3H3. The molecule has 0 bridgehead atoms. The molecule has 112 valence electrons. The number of nitrogens with two attached hydrogens (primary N) is 1. The summed E-state index contributed by atoms with van der Waals surface area (Å²) in [6.07, 6.45) is 1.07. The van der Waals surface area contributed by atoms with Gasteiger partial charge < -0.3 is 15.4 Å². The van der Waals surface area contributed by atoms with Crippen molar-refractivity contribution in [3.05, 3.63) is 53.6 Å². The van der Waals surface area contributed by atoms with Crippen molar-refractivity contribution in [3.63, 3.8) is 0 Å². The minimum absolute atomic E-state index is 0.799. The molecular weight excluding hydrogens is 260 g/mol. The van der Waals surface area contributed by atoms with Crippen molar-refractivity contribution in [2.75, 3.05) is 24.3 Å². The lowest BCUT2D eigenvalue weighted by atomic mass is 10.1. The molecule has 0 fully saturated rings. The third kappa shape index (κ3) is 3.69. The summed E-state index contributed by atoms with van der Waals surface area (Å²) in [5.41, 5.74) is 10.5. The normalized spacial score (nSPS) is 10.4. The molecule has 2 aromatic carbocycles. The molecule has 0 unspecified atom stereocenters. The summed E-state index contributed by atoms with van der Waals surface area (Å²) < 4.78 is 5.49. The maximum absolute atomic E-state index is 6.13. The van der Waals surface area contributed by atoms with Crippen LogP contribution in [-0.4, -0.2) is 13.7 Å². The zero-order chi connectivity index (χ0) is 15.2. The first kappa shape index (κ1) is 15.2. The number of methoxy groups -OCH3 is 1. The quantitative estimate of drug-likeness (QED) is 0.815. The highest BCUT2D eigenvalue weighted by atomic mass is 16.5. The molecule has 0 amide bonds. The molecule has 21 heavy (non-hydrogen) atoms. The minimum atomic E-state index is 0.799. The second kappa shape index (κ2) is 7.02. The molecule has 0 spiro atoms. The van der Waals surface area contributed by atoms with Crippen molar-refractivity contribution in [2.24, 2.45) is 0 Å². The molecule has 0 aromatic heterocycles. The van der Waals surface area contributed by atoms with Crippen LogP contribution in [0.2, 0.25) is 0 Å². The van der Waals surface area contributed by atoms with Gasteiger partial charge in [-0.25, -0.2) is 0 Å². The van der Waals surface area contributed by atoms with Crippen LogP contribution in [-0.2, 0) is 6.54 Å². The molecule has 0 radical (unpaired) electrons. The molecule has 0 saturated carbocycles. The van der Waals surface area contributed by atoms with Crippen LogP contribution in [0.3, 0.4) is 0 Å². The first-order valence-electron chi connectivity index (χ1n) is 7.38. The minimum Gasteiger partial charge on any atom is -0.496 e. The largest absolute Gasteiger partial charge is 0.496 e. The number of aryl methyl sites for hydroxylation is 1. The van der Waals surface area contributed by atoms with Crippen LogP contribution in [0.15, 0.2) is 42.5 Å². The van der Waals surface area contributed by atoms with Crippen molar-refractivity contribution in [1.29, 1.82) is 0 Å². The Hall–Kier alpha value is -2.16. The van der Waals surface area contributed by atoms with Crippen LogP contribution in [0.25, 0.3) is 0 Å². The van der Waals surface area contributed by atoms with Crippen molar-refractivity contribution in [3.8, 4) is 5.75 Å². The molecule has 0 heterocycles. The summed E-state index contributed by atoms with van der Waals surface area (Å²) in [4.78, 5) is 2.31. The molecule has 3 heteroatoms. The number of benzene rings is 2. The molecule has 0 atom stereocenters. The van der Waals surface area contributed by atoms with Gasteiger partial charge in [0.15, 0.2) is 0 Å². The number of ether oxygens (including phenoxy) is 1. The van der Waals surface area contributed by atoms with Crippen LogP contribution in [0, 0.1) is 6.92 Å². The van der Waals surface area contributed by atoms with Gasteiger partial charge in [0.1, 0.15) is 5.75 Å². The Balaban J connectivity index is 2.33. The van der Waals surface area contributed by atoms with E-state index < -0.39 is 0 Å². The summed E-state index contributed by atoms with van der Waals surface area (Å²) >= 11 is 0. The van der Waals surface area contributed by atoms with Crippen LogP contribution >= 0.6 is 0 Å². The predicted molar refractivity (Wildman–Crippen MR) is 89.9 cm³/mol. The Labute approximate surface area is 127 Å². The van der Waals surface area contributed by atoms with Gasteiger partial charge in [0, 0.05) is 18.7 Å². The number of rotatable bonds is 6. The van der Waals surface area contributed by atoms with Crippen molar-refractivity contribution < 1.29 is 4.74 Å². The van der Waals surface area contributed by atoms with Crippen LogP contribution in [0.1, 0.15) is 24.5 Å². The highest BCUT2D eigenvalue weighted by molar-refractivity contribution is 5.67. The fourth-order valence-electron chi connectivity index (χ4n) is 2.57. The summed E-state index contributed by atoms with van der Waals surface area (Å²) in [6.45, 7) is 6.04. The molecular formula is C18H24N2O. The van der Waals surface area contributed by atoms with E-state index in [1.54, 1.807) is 7.11 Å². The maximum atomic E-state index is 6.13. The topological polar surface area (TPSA) is 38.5 Å². The lowest BCUT2D eigenvalue weighted by Crippen LogP contribution is -2.24. The van der Waals surface area contributed by atoms with Gasteiger partial charge in [-0.2, -0.15) is 0 Å². The number of para-hydroxylation sites is 2. The Morgan fingerprint density at radius 2 is 1.90 bits per heavy atom. The van der Waals surface area contributed by atoms with Crippen molar-refractivity contribution in [1.82, 2.24) is 0 Å². The van der Waals surface area contributed by atoms with E-state index in [1.165, 1.54) is 11.1 Å². The second-order valence-corrected chi connectivity index (χ2v) is 5.30. The van der Waals surface area contributed by atoms with Gasteiger partial charge in [-0.15, -0.1) is 0 Å². The van der Waals surface area contributed by atoms with E-state index in [2.05, 4.69) is 36.9 Å². The molecule has 2 rings (SSSR count). The van der Waals surface area contributed by atoms with Gasteiger partial charge in [0.05, 0.1) is 18.5 Å². The summed E-state index contributed by atoms with van der Waals surface area (Å²) in [5, 5.41) is 0. The average Bonchev–Trinajstić information content (AvgIpc) is 2.48. The average molecular weight is 284 g/mol. The molecule has 2 N–H and O–H groups in total. The number of nitrogens with zero attached hydrogens (tertiary/aromatic N) is 1. The van der Waals surface area contributed by atoms with Gasteiger partial charge in [-0.1, -0.05) is 36.8 Å². The summed E-state index contributed by atoms with van der Waals surface area (Å²) in [5.74, 6) is 0.927. The van der Waals surface area contributed by atoms with Gasteiger partial charge in [-0.3, -0.25) is 0 Å². The van der Waals surface area contributed by atoms with E-state index in [0.29, 0.717) is 0 Å². The summed E-state index contributed by atoms with van der Waals surface area (Å²) in [6, 6.07) is 14.3. The zero-order valence-corrected chi connectivity index (χ0v) is 13.1. The fraction of sp³-hybridized carbons (Fsp3) is 0.333. The van der Waals surface area contributed by atoms with Crippen molar-refractivity contribution in [2.45, 2.75) is 26.8 Å². The lowest BCUT2D eigenvalue weighted by molar-refractivity contribution is 0.409. The Bertz CT molecular complexity index is 596. The second-order valence-electron chi connectivity index (χ2n) is 5.30. The number of nitrogen functional groups attached to an aromatic ring is 1. The predicted octanol–water partition coefficient (Wildman–Crippen LogP) is 4.00. The fourth-order valence-corrected chi connectivity index (χ4v) is 2.57. The van der Waals surface area contributed by atoms with Gasteiger partial charge in [0.25, 0.3) is 0 Å². The van der Waals surface area contributed by atoms with Gasteiger partial charge in [0.2, 0.25) is 0 Å². The van der Waals surface area contributed by atoms with E-state index in [-0.39, 0.29) is 0 Å². The van der Waals surface area contributed by atoms with E-state index in [4.69, 9.17) is 10.5 Å². The number of hydrogen-bond acceptors (Lipinski definition) is 3. The van der Waals surface area contributed by atoms with E-state index in [1.807, 2.05) is 24.3 Å². The summed E-state index contributed by atoms with van der Waals surface area (Å²) in [7, 11) is 1.72. The van der Waals surface area contributed by atoms with Crippen LogP contribution in [0.5, 0.6) is 5.75 Å². The SMILES string of the molecule is CCCN(Cc1cc(C)ccc1OC)c1ccccc1N. The van der Waals surface area contributed by atoms with Crippen LogP contribution in [0.4, 0.5) is 11.4 Å². The third-order valence-corrected chi connectivity index (χ3v) is 3.57. The number of anilines is 2. The Morgan fingerprint density at radius 1 is 1.14 bits per heavy atom. The zero-order valence-electron chi connectivity index (χ0n) is 13.1. The van der Waals surface area contributed by atoms with Crippen LogP contribution < -0.4 is 15.4 Å². The Kier molecular flexibility index (Phi) is 5.09. The smallest absolute Gasteiger partial charge is 0.123 e. The third-order valence-electron chi connectivity index (χ3n) is 3.57. The Morgan fingerprint density at radius 3 is 2.57 bits per heavy atom. The van der Waals surface area contributed by atoms with Crippen molar-refractivity contribution >= 4 is 11.4 Å². The molecule has 0 aliphatic rings. The molecule has 0 aliphatic heterocycles. The maximum Gasteiger partial charge on any atom is 0.123 e. The highest BCUT2D eigenvalue weighted by Crippen LogP contribution is 2.28.